The Morgan fingerprint density at radius 2 is 1.95 bits per heavy atom. The fraction of sp³-hybridized carbons (Fsp3) is 0.800. The summed E-state index contributed by atoms with van der Waals surface area (Å²) < 4.78 is 0. The highest BCUT2D eigenvalue weighted by Gasteiger charge is 2.39. The Bertz CT molecular complexity index is 418. The third-order valence-corrected chi connectivity index (χ3v) is 4.18. The van der Waals surface area contributed by atoms with E-state index in [-0.39, 0.29) is 24.1 Å². The number of amides is 3. The quantitative estimate of drug-likeness (QED) is 0.751. The van der Waals surface area contributed by atoms with Crippen LogP contribution in [-0.2, 0) is 14.4 Å². The monoisotopic (exact) mass is 295 g/mol. The molecular formula is C15H25N3O3. The third-order valence-electron chi connectivity index (χ3n) is 4.18. The van der Waals surface area contributed by atoms with Gasteiger partial charge in [0.05, 0.1) is 18.5 Å². The first-order valence-electron chi connectivity index (χ1n) is 7.93. The van der Waals surface area contributed by atoms with Crippen molar-refractivity contribution >= 4 is 17.7 Å². The normalized spacial score (nSPS) is 24.6. The van der Waals surface area contributed by atoms with Gasteiger partial charge in [0.2, 0.25) is 17.7 Å². The molecule has 0 spiro atoms. The Balaban J connectivity index is 1.90. The molecule has 2 rings (SSSR count). The molecule has 0 aromatic heterocycles. The summed E-state index contributed by atoms with van der Waals surface area (Å²) in [6.07, 6.45) is 4.18. The van der Waals surface area contributed by atoms with Crippen molar-refractivity contribution in [1.82, 2.24) is 15.1 Å². The van der Waals surface area contributed by atoms with E-state index in [1.165, 1.54) is 11.3 Å². The van der Waals surface area contributed by atoms with Gasteiger partial charge in [-0.25, -0.2) is 0 Å². The van der Waals surface area contributed by atoms with Gasteiger partial charge in [-0.1, -0.05) is 6.92 Å². The molecule has 2 fully saturated rings. The van der Waals surface area contributed by atoms with Crippen LogP contribution < -0.4 is 5.32 Å². The van der Waals surface area contributed by atoms with Crippen LogP contribution in [0.2, 0.25) is 0 Å². The number of hydrogen-bond donors (Lipinski definition) is 1. The van der Waals surface area contributed by atoms with E-state index in [0.29, 0.717) is 6.54 Å². The molecule has 0 bridgehead atoms. The van der Waals surface area contributed by atoms with Crippen LogP contribution in [0, 0.1) is 0 Å². The Morgan fingerprint density at radius 3 is 2.57 bits per heavy atom. The van der Waals surface area contributed by atoms with Crippen LogP contribution in [0.15, 0.2) is 0 Å². The van der Waals surface area contributed by atoms with Crippen molar-refractivity contribution in [3.8, 4) is 0 Å². The number of hydrogen-bond acceptors (Lipinski definition) is 4. The van der Waals surface area contributed by atoms with Crippen molar-refractivity contribution in [2.45, 2.75) is 58.0 Å². The average Bonchev–Trinajstić information content (AvgIpc) is 2.75. The lowest BCUT2D eigenvalue weighted by atomic mass is 10.1. The van der Waals surface area contributed by atoms with E-state index in [0.717, 1.165) is 32.4 Å². The first kappa shape index (κ1) is 15.9. The zero-order valence-electron chi connectivity index (χ0n) is 12.9. The SMILES string of the molecule is CCCN1C(=O)CC(NC(C)C(=O)N2CCCCC2)C1=O. The molecule has 6 nitrogen and oxygen atoms in total. The lowest BCUT2D eigenvalue weighted by Crippen LogP contribution is -2.51. The Labute approximate surface area is 125 Å². The van der Waals surface area contributed by atoms with Crippen LogP contribution in [0.5, 0.6) is 0 Å². The molecule has 2 unspecified atom stereocenters. The summed E-state index contributed by atoms with van der Waals surface area (Å²) in [7, 11) is 0. The smallest absolute Gasteiger partial charge is 0.246 e. The molecule has 2 saturated heterocycles. The van der Waals surface area contributed by atoms with Crippen molar-refractivity contribution in [1.29, 1.82) is 0 Å². The zero-order valence-corrected chi connectivity index (χ0v) is 12.9. The highest BCUT2D eigenvalue weighted by molar-refractivity contribution is 6.05. The van der Waals surface area contributed by atoms with E-state index in [9.17, 15) is 14.4 Å². The molecule has 2 aliphatic rings. The number of carbonyl (C=O) groups is 3. The van der Waals surface area contributed by atoms with Crippen molar-refractivity contribution < 1.29 is 14.4 Å². The van der Waals surface area contributed by atoms with Gasteiger partial charge in [-0.3, -0.25) is 24.6 Å². The number of carbonyl (C=O) groups excluding carboxylic acids is 3. The van der Waals surface area contributed by atoms with Crippen molar-refractivity contribution in [3.05, 3.63) is 0 Å². The predicted molar refractivity (Wildman–Crippen MR) is 78.4 cm³/mol. The van der Waals surface area contributed by atoms with E-state index in [2.05, 4.69) is 5.32 Å². The fourth-order valence-corrected chi connectivity index (χ4v) is 3.03. The fourth-order valence-electron chi connectivity index (χ4n) is 3.03. The van der Waals surface area contributed by atoms with E-state index in [4.69, 9.17) is 0 Å². The predicted octanol–water partition coefficient (Wildman–Crippen LogP) is 0.515. The maximum Gasteiger partial charge on any atom is 0.246 e. The Morgan fingerprint density at radius 1 is 1.29 bits per heavy atom. The molecule has 6 heteroatoms. The second kappa shape index (κ2) is 7.02. The molecule has 0 radical (unpaired) electrons. The lowest BCUT2D eigenvalue weighted by molar-refractivity contribution is -0.138. The molecule has 0 aliphatic carbocycles. The molecule has 2 heterocycles. The highest BCUT2D eigenvalue weighted by Crippen LogP contribution is 2.15. The van der Waals surface area contributed by atoms with Crippen LogP contribution in [0.25, 0.3) is 0 Å². The van der Waals surface area contributed by atoms with Gasteiger partial charge in [-0.15, -0.1) is 0 Å². The first-order chi connectivity index (χ1) is 10.0. The summed E-state index contributed by atoms with van der Waals surface area (Å²) >= 11 is 0. The number of rotatable bonds is 5. The van der Waals surface area contributed by atoms with Gasteiger partial charge in [-0.2, -0.15) is 0 Å². The molecule has 0 saturated carbocycles. The number of imide groups is 1. The Kier molecular flexibility index (Phi) is 5.33. The van der Waals surface area contributed by atoms with Gasteiger partial charge in [0.1, 0.15) is 0 Å². The zero-order chi connectivity index (χ0) is 15.4. The summed E-state index contributed by atoms with van der Waals surface area (Å²) in [5.41, 5.74) is 0. The number of nitrogens with zero attached hydrogens (tertiary/aromatic N) is 2. The van der Waals surface area contributed by atoms with E-state index < -0.39 is 12.1 Å². The van der Waals surface area contributed by atoms with Gasteiger partial charge in [0.25, 0.3) is 0 Å². The van der Waals surface area contributed by atoms with Crippen LogP contribution in [-0.4, -0.2) is 59.2 Å². The van der Waals surface area contributed by atoms with Crippen molar-refractivity contribution in [2.24, 2.45) is 0 Å². The maximum atomic E-state index is 12.3. The second-order valence-electron chi connectivity index (χ2n) is 5.91. The van der Waals surface area contributed by atoms with Gasteiger partial charge in [0.15, 0.2) is 0 Å². The highest BCUT2D eigenvalue weighted by atomic mass is 16.2. The van der Waals surface area contributed by atoms with Gasteiger partial charge in [-0.05, 0) is 32.6 Å². The standard InChI is InChI=1S/C15H25N3O3/c1-3-7-18-13(19)10-12(15(18)21)16-11(2)14(20)17-8-5-4-6-9-17/h11-12,16H,3-10H2,1-2H3. The summed E-state index contributed by atoms with van der Waals surface area (Å²) in [4.78, 5) is 39.5. The molecular weight excluding hydrogens is 270 g/mol. The Hall–Kier alpha value is -1.43. The molecule has 2 atom stereocenters. The average molecular weight is 295 g/mol. The maximum absolute atomic E-state index is 12.3. The second-order valence-corrected chi connectivity index (χ2v) is 5.91. The molecule has 2 aliphatic heterocycles. The minimum absolute atomic E-state index is 0.0314. The summed E-state index contributed by atoms with van der Waals surface area (Å²) in [5.74, 6) is -0.305. The largest absolute Gasteiger partial charge is 0.341 e. The van der Waals surface area contributed by atoms with Crippen molar-refractivity contribution in [3.63, 3.8) is 0 Å². The van der Waals surface area contributed by atoms with E-state index in [1.807, 2.05) is 11.8 Å². The molecule has 0 aromatic rings. The van der Waals surface area contributed by atoms with E-state index in [1.54, 1.807) is 6.92 Å². The topological polar surface area (TPSA) is 69.7 Å². The number of piperidine rings is 1. The summed E-state index contributed by atoms with van der Waals surface area (Å²) in [6.45, 7) is 5.76. The minimum atomic E-state index is -0.548. The van der Waals surface area contributed by atoms with Gasteiger partial charge < -0.3 is 4.90 Å². The van der Waals surface area contributed by atoms with Crippen LogP contribution in [0.4, 0.5) is 0 Å². The molecule has 0 aromatic carbocycles. The van der Waals surface area contributed by atoms with Crippen LogP contribution in [0.3, 0.4) is 0 Å². The number of likely N-dealkylation sites (tertiary alicyclic amines) is 2. The summed E-state index contributed by atoms with van der Waals surface area (Å²) in [5, 5.41) is 3.04. The van der Waals surface area contributed by atoms with Gasteiger partial charge >= 0.3 is 0 Å². The third kappa shape index (κ3) is 3.61. The minimum Gasteiger partial charge on any atom is -0.341 e. The van der Waals surface area contributed by atoms with Crippen molar-refractivity contribution in [2.75, 3.05) is 19.6 Å². The first-order valence-corrected chi connectivity index (χ1v) is 7.93. The molecule has 21 heavy (non-hydrogen) atoms. The summed E-state index contributed by atoms with van der Waals surface area (Å²) in [6, 6.07) is -0.973. The lowest BCUT2D eigenvalue weighted by Gasteiger charge is -2.30. The van der Waals surface area contributed by atoms with Crippen LogP contribution >= 0.6 is 0 Å². The molecule has 3 amide bonds. The molecule has 1 N–H and O–H groups in total. The number of nitrogens with one attached hydrogen (secondary N) is 1. The van der Waals surface area contributed by atoms with E-state index >= 15 is 0 Å². The molecule has 118 valence electrons. The van der Waals surface area contributed by atoms with Gasteiger partial charge in [0, 0.05) is 19.6 Å². The van der Waals surface area contributed by atoms with Crippen LogP contribution in [0.1, 0.15) is 46.0 Å².